The molecule has 4 rings (SSSR count). The summed E-state index contributed by atoms with van der Waals surface area (Å²) < 4.78 is 7.72. The average molecular weight is 304 g/mol. The van der Waals surface area contributed by atoms with E-state index in [0.717, 1.165) is 45.3 Å². The number of hydrogen-bond donors (Lipinski definition) is 0. The summed E-state index contributed by atoms with van der Waals surface area (Å²) in [7, 11) is 0. The Kier molecular flexibility index (Phi) is 3.66. The lowest BCUT2D eigenvalue weighted by Gasteiger charge is -2.40. The van der Waals surface area contributed by atoms with Gasteiger partial charge in [-0.2, -0.15) is 5.10 Å². The molecule has 1 unspecified atom stereocenters. The Morgan fingerprint density at radius 1 is 1.27 bits per heavy atom. The van der Waals surface area contributed by atoms with Gasteiger partial charge in [0.2, 0.25) is 5.91 Å². The van der Waals surface area contributed by atoms with E-state index in [0.29, 0.717) is 25.6 Å². The summed E-state index contributed by atoms with van der Waals surface area (Å²) in [5.41, 5.74) is -0.187. The predicted octanol–water partition coefficient (Wildman–Crippen LogP) is 0.739. The number of carbonyl (C=O) groups excluding carboxylic acids is 1. The Morgan fingerprint density at radius 2 is 2.09 bits per heavy atom. The van der Waals surface area contributed by atoms with Crippen molar-refractivity contribution >= 4 is 5.91 Å². The maximum absolute atomic E-state index is 13.2. The molecule has 1 aromatic rings. The van der Waals surface area contributed by atoms with E-state index in [9.17, 15) is 4.79 Å². The minimum Gasteiger partial charge on any atom is -0.373 e. The molecule has 3 aliphatic rings. The van der Waals surface area contributed by atoms with Gasteiger partial charge >= 0.3 is 0 Å². The van der Waals surface area contributed by atoms with Gasteiger partial charge in [0, 0.05) is 25.5 Å². The second-order valence-electron chi connectivity index (χ2n) is 6.70. The molecule has 0 bridgehead atoms. The van der Waals surface area contributed by atoms with Crippen molar-refractivity contribution < 1.29 is 9.53 Å². The summed E-state index contributed by atoms with van der Waals surface area (Å²) >= 11 is 0. The van der Waals surface area contributed by atoms with Gasteiger partial charge in [0.15, 0.2) is 0 Å². The van der Waals surface area contributed by atoms with Crippen LogP contribution in [0.1, 0.15) is 25.7 Å². The minimum absolute atomic E-state index is 0.0465. The molecule has 3 fully saturated rings. The summed E-state index contributed by atoms with van der Waals surface area (Å²) in [4.78, 5) is 17.6. The van der Waals surface area contributed by atoms with Gasteiger partial charge in [0.05, 0.1) is 19.3 Å². The van der Waals surface area contributed by atoms with E-state index in [2.05, 4.69) is 10.00 Å². The highest BCUT2D eigenvalue weighted by molar-refractivity contribution is 5.87. The Hall–Kier alpha value is -1.40. The quantitative estimate of drug-likeness (QED) is 0.826. The fraction of sp³-hybridized carbons (Fsp3) is 0.750. The number of rotatable bonds is 3. The normalized spacial score (nSPS) is 28.0. The van der Waals surface area contributed by atoms with Crippen LogP contribution in [-0.4, -0.2) is 69.9 Å². The monoisotopic (exact) mass is 304 g/mol. The van der Waals surface area contributed by atoms with Gasteiger partial charge in [-0.3, -0.25) is 14.4 Å². The number of nitrogens with zero attached hydrogens (tertiary/aromatic N) is 4. The summed E-state index contributed by atoms with van der Waals surface area (Å²) in [6.07, 6.45) is 8.16. The molecule has 1 atom stereocenters. The minimum atomic E-state index is -0.187. The number of carbonyl (C=O) groups is 1. The summed E-state index contributed by atoms with van der Waals surface area (Å²) in [5.74, 6) is 0.344. The molecule has 4 heterocycles. The van der Waals surface area contributed by atoms with E-state index in [-0.39, 0.29) is 11.6 Å². The van der Waals surface area contributed by atoms with Crippen molar-refractivity contribution in [2.75, 3.05) is 32.8 Å². The van der Waals surface area contributed by atoms with Crippen LogP contribution < -0.4 is 0 Å². The van der Waals surface area contributed by atoms with Crippen molar-refractivity contribution in [1.82, 2.24) is 19.6 Å². The molecule has 22 heavy (non-hydrogen) atoms. The molecule has 0 aliphatic carbocycles. The molecule has 3 aliphatic heterocycles. The maximum atomic E-state index is 13.2. The number of amides is 1. The molecule has 1 amide bonds. The third kappa shape index (κ3) is 2.34. The summed E-state index contributed by atoms with van der Waals surface area (Å²) in [6.45, 7) is 4.94. The smallest absolute Gasteiger partial charge is 0.243 e. The Labute approximate surface area is 131 Å². The van der Waals surface area contributed by atoms with Crippen LogP contribution in [-0.2, 0) is 16.1 Å². The van der Waals surface area contributed by atoms with Crippen LogP contribution in [0, 0.1) is 0 Å². The fourth-order valence-electron chi connectivity index (χ4n) is 4.38. The lowest BCUT2D eigenvalue weighted by atomic mass is 9.92. The van der Waals surface area contributed by atoms with E-state index in [4.69, 9.17) is 4.74 Å². The number of aromatic nitrogens is 2. The zero-order valence-electron chi connectivity index (χ0n) is 13.0. The van der Waals surface area contributed by atoms with Crippen molar-refractivity contribution in [3.63, 3.8) is 0 Å². The summed E-state index contributed by atoms with van der Waals surface area (Å²) in [5, 5.41) is 4.23. The van der Waals surface area contributed by atoms with E-state index < -0.39 is 0 Å². The second kappa shape index (κ2) is 5.66. The van der Waals surface area contributed by atoms with Crippen molar-refractivity contribution in [3.05, 3.63) is 18.5 Å². The average Bonchev–Trinajstić information content (AvgIpc) is 3.23. The van der Waals surface area contributed by atoms with Crippen molar-refractivity contribution in [2.45, 2.75) is 43.9 Å². The first kappa shape index (κ1) is 14.2. The van der Waals surface area contributed by atoms with Crippen molar-refractivity contribution in [3.8, 4) is 0 Å². The zero-order valence-corrected chi connectivity index (χ0v) is 13.0. The molecule has 3 saturated heterocycles. The first-order chi connectivity index (χ1) is 10.8. The molecule has 6 nitrogen and oxygen atoms in total. The molecular formula is C16H24N4O2. The van der Waals surface area contributed by atoms with E-state index in [1.165, 1.54) is 0 Å². The lowest BCUT2D eigenvalue weighted by Crippen LogP contribution is -2.57. The molecule has 0 saturated carbocycles. The van der Waals surface area contributed by atoms with E-state index >= 15 is 0 Å². The fourth-order valence-corrected chi connectivity index (χ4v) is 4.38. The van der Waals surface area contributed by atoms with Crippen molar-refractivity contribution in [1.29, 1.82) is 0 Å². The molecule has 0 spiro atoms. The summed E-state index contributed by atoms with van der Waals surface area (Å²) in [6, 6.07) is 1.92. The number of morpholine rings is 1. The van der Waals surface area contributed by atoms with Crippen LogP contribution in [0.15, 0.2) is 18.5 Å². The second-order valence-corrected chi connectivity index (χ2v) is 6.70. The van der Waals surface area contributed by atoms with E-state index in [1.807, 2.05) is 21.8 Å². The molecule has 1 aromatic heterocycles. The third-order valence-electron chi connectivity index (χ3n) is 5.42. The highest BCUT2D eigenvalue weighted by atomic mass is 16.5. The highest BCUT2D eigenvalue weighted by Gasteiger charge is 2.51. The molecule has 6 heteroatoms. The highest BCUT2D eigenvalue weighted by Crippen LogP contribution is 2.40. The first-order valence-electron chi connectivity index (χ1n) is 8.41. The molecule has 0 N–H and O–H groups in total. The third-order valence-corrected chi connectivity index (χ3v) is 5.42. The topological polar surface area (TPSA) is 50.6 Å². The van der Waals surface area contributed by atoms with Crippen LogP contribution in [0.2, 0.25) is 0 Å². The predicted molar refractivity (Wildman–Crippen MR) is 81.3 cm³/mol. The van der Waals surface area contributed by atoms with Gasteiger partial charge in [-0.1, -0.05) is 0 Å². The maximum Gasteiger partial charge on any atom is 0.243 e. The standard InChI is InChI=1S/C16H24N4O2/c21-15(16-4-1-7-19(16)8-2-5-16)18-10-11-22-14(12-18)13-20-9-3-6-17-20/h3,6,9,14H,1-2,4-5,7-8,10-13H2. The molecule has 0 radical (unpaired) electrons. The number of ether oxygens (including phenoxy) is 1. The van der Waals surface area contributed by atoms with Crippen LogP contribution in [0.3, 0.4) is 0 Å². The van der Waals surface area contributed by atoms with E-state index in [1.54, 1.807) is 6.20 Å². The number of fused-ring (bicyclic) bond motifs is 1. The van der Waals surface area contributed by atoms with Crippen LogP contribution in [0.4, 0.5) is 0 Å². The Bertz CT molecular complexity index is 520. The van der Waals surface area contributed by atoms with Gasteiger partial charge in [0.1, 0.15) is 5.54 Å². The van der Waals surface area contributed by atoms with Gasteiger partial charge < -0.3 is 9.64 Å². The Balaban J connectivity index is 1.44. The first-order valence-corrected chi connectivity index (χ1v) is 8.41. The van der Waals surface area contributed by atoms with Gasteiger partial charge in [-0.05, 0) is 44.8 Å². The van der Waals surface area contributed by atoms with Gasteiger partial charge in [-0.25, -0.2) is 0 Å². The zero-order chi connectivity index (χ0) is 15.0. The molecule has 120 valence electrons. The largest absolute Gasteiger partial charge is 0.373 e. The van der Waals surface area contributed by atoms with Crippen LogP contribution in [0.25, 0.3) is 0 Å². The molecule has 0 aromatic carbocycles. The van der Waals surface area contributed by atoms with Crippen LogP contribution >= 0.6 is 0 Å². The Morgan fingerprint density at radius 3 is 2.82 bits per heavy atom. The number of hydrogen-bond acceptors (Lipinski definition) is 4. The molecular weight excluding hydrogens is 280 g/mol. The lowest BCUT2D eigenvalue weighted by molar-refractivity contribution is -0.149. The van der Waals surface area contributed by atoms with Gasteiger partial charge in [0.25, 0.3) is 0 Å². The van der Waals surface area contributed by atoms with Crippen molar-refractivity contribution in [2.24, 2.45) is 0 Å². The van der Waals surface area contributed by atoms with Gasteiger partial charge in [-0.15, -0.1) is 0 Å². The van der Waals surface area contributed by atoms with Crippen LogP contribution in [0.5, 0.6) is 0 Å². The SMILES string of the molecule is O=C(N1CCOC(Cn2cccn2)C1)C12CCCN1CCC2.